The zero-order valence-electron chi connectivity index (χ0n) is 41.4. The molecule has 0 N–H and O–H groups in total. The molecule has 11 aromatic carbocycles. The quantitative estimate of drug-likeness (QED) is 0.161. The molecule has 356 valence electrons. The Kier molecular flexibility index (Phi) is 8.67. The molecule has 3 aliphatic rings. The fourth-order valence-electron chi connectivity index (χ4n) is 13.4. The van der Waals surface area contributed by atoms with Gasteiger partial charge < -0.3 is 4.57 Å². The van der Waals surface area contributed by atoms with Gasteiger partial charge in [0.25, 0.3) is 0 Å². The Labute approximate surface area is 443 Å². The zero-order chi connectivity index (χ0) is 50.3. The number of pyridine rings is 1. The number of para-hydroxylation sites is 2. The van der Waals surface area contributed by atoms with Crippen molar-refractivity contribution >= 4 is 60.8 Å². The summed E-state index contributed by atoms with van der Waals surface area (Å²) in [5.41, 5.74) is 22.4. The van der Waals surface area contributed by atoms with Crippen LogP contribution in [0.3, 0.4) is 0 Å². The van der Waals surface area contributed by atoms with Crippen LogP contribution in [0.2, 0.25) is 0 Å². The van der Waals surface area contributed by atoms with Crippen LogP contribution in [0, 0.1) is 0 Å². The van der Waals surface area contributed by atoms with Crippen molar-refractivity contribution in [2.45, 2.75) is 5.41 Å². The molecule has 0 unspecified atom stereocenters. The summed E-state index contributed by atoms with van der Waals surface area (Å²) in [6.45, 7) is 0. The molecule has 3 aromatic heterocycles. The first-order chi connectivity index (χ1) is 38.2. The van der Waals surface area contributed by atoms with E-state index in [2.05, 4.69) is 228 Å². The predicted octanol–water partition coefficient (Wildman–Crippen LogP) is 17.5. The summed E-state index contributed by atoms with van der Waals surface area (Å²) in [5, 5.41) is 5.76. The van der Waals surface area contributed by atoms with E-state index in [0.29, 0.717) is 17.6 Å². The van der Waals surface area contributed by atoms with Crippen molar-refractivity contribution in [1.82, 2.24) is 24.5 Å². The summed E-state index contributed by atoms with van der Waals surface area (Å²) in [6.07, 6.45) is 0. The zero-order valence-corrected chi connectivity index (χ0v) is 41.4. The molecular formula is C71H42N6. The Morgan fingerprint density at radius 2 is 0.922 bits per heavy atom. The van der Waals surface area contributed by atoms with Crippen molar-refractivity contribution in [3.05, 3.63) is 277 Å². The molecule has 0 amide bonds. The average Bonchev–Trinajstić information content (AvgIpc) is 4.20. The van der Waals surface area contributed by atoms with Gasteiger partial charge in [-0.3, -0.25) is 4.90 Å². The second-order valence-electron chi connectivity index (χ2n) is 20.4. The molecule has 0 radical (unpaired) electrons. The van der Waals surface area contributed by atoms with Crippen LogP contribution in [-0.4, -0.2) is 24.5 Å². The van der Waals surface area contributed by atoms with Gasteiger partial charge in [-0.1, -0.05) is 212 Å². The molecule has 17 rings (SSSR count). The normalized spacial score (nSPS) is 13.3. The van der Waals surface area contributed by atoms with Gasteiger partial charge in [-0.2, -0.15) is 9.97 Å². The molecule has 1 spiro atoms. The van der Waals surface area contributed by atoms with Gasteiger partial charge in [0.2, 0.25) is 5.95 Å². The third kappa shape index (κ3) is 5.78. The largest absolute Gasteiger partial charge is 0.309 e. The van der Waals surface area contributed by atoms with Gasteiger partial charge in [0, 0.05) is 49.5 Å². The molecule has 6 heteroatoms. The van der Waals surface area contributed by atoms with Gasteiger partial charge in [-0.15, -0.1) is 0 Å². The molecule has 0 saturated heterocycles. The molecule has 0 bridgehead atoms. The third-order valence-corrected chi connectivity index (χ3v) is 16.6. The van der Waals surface area contributed by atoms with E-state index in [1.165, 1.54) is 66.3 Å². The smallest absolute Gasteiger partial charge is 0.238 e. The van der Waals surface area contributed by atoms with E-state index in [9.17, 15) is 0 Å². The van der Waals surface area contributed by atoms with Gasteiger partial charge in [0.15, 0.2) is 11.6 Å². The Hall–Kier alpha value is -10.3. The molecular weight excluding hydrogens is 937 g/mol. The van der Waals surface area contributed by atoms with Crippen LogP contribution in [-0.2, 0) is 5.41 Å². The van der Waals surface area contributed by atoms with Gasteiger partial charge in [0.1, 0.15) is 0 Å². The van der Waals surface area contributed by atoms with E-state index in [4.69, 9.17) is 19.9 Å². The van der Waals surface area contributed by atoms with Gasteiger partial charge >= 0.3 is 0 Å². The van der Waals surface area contributed by atoms with Crippen LogP contribution in [0.25, 0.3) is 117 Å². The summed E-state index contributed by atoms with van der Waals surface area (Å²) in [6, 6.07) is 92.1. The molecule has 4 heterocycles. The number of nitrogens with zero attached hydrogens (tertiary/aromatic N) is 6. The van der Waals surface area contributed by atoms with Crippen LogP contribution in [0.5, 0.6) is 0 Å². The second-order valence-corrected chi connectivity index (χ2v) is 20.4. The number of aromatic nitrogens is 5. The molecule has 77 heavy (non-hydrogen) atoms. The molecule has 0 fully saturated rings. The number of benzene rings is 11. The minimum atomic E-state index is -0.440. The molecule has 2 aliphatic carbocycles. The summed E-state index contributed by atoms with van der Waals surface area (Å²) in [7, 11) is 0. The lowest BCUT2D eigenvalue weighted by atomic mass is 9.70. The first-order valence-electron chi connectivity index (χ1n) is 26.3. The van der Waals surface area contributed by atoms with E-state index >= 15 is 0 Å². The van der Waals surface area contributed by atoms with Crippen LogP contribution < -0.4 is 4.90 Å². The summed E-state index contributed by atoms with van der Waals surface area (Å²) >= 11 is 0. The first kappa shape index (κ1) is 42.1. The molecule has 1 aliphatic heterocycles. The molecule has 0 saturated carbocycles. The van der Waals surface area contributed by atoms with Gasteiger partial charge in [-0.25, -0.2) is 9.97 Å². The van der Waals surface area contributed by atoms with Crippen molar-refractivity contribution in [2.75, 3.05) is 4.90 Å². The maximum absolute atomic E-state index is 5.49. The fraction of sp³-hybridized carbons (Fsp3) is 0.0141. The Balaban J connectivity index is 0.857. The summed E-state index contributed by atoms with van der Waals surface area (Å²) in [5.74, 6) is 1.75. The standard InChI is InChI=1S/C71H42N6/c1-3-18-44(19-4-1)68-73-69(45-20-5-2-6-21-45)75-70(74-68)77-62-41-36-46(42-55(62)66-65-52(27-17-33-63(65)77)50-24-10-15-31-60(50)72-66)43-34-37-47(38-35-43)76-61-32-16-11-25-51(61)53-39-40-59-64(67(53)76)54-26-9-14-30-58(54)71(59)56-28-12-7-22-48(56)49-23-8-13-29-57(49)71/h1-42H. The van der Waals surface area contributed by atoms with Crippen molar-refractivity contribution in [3.8, 4) is 73.1 Å². The highest BCUT2D eigenvalue weighted by atomic mass is 15.3. The maximum atomic E-state index is 5.49. The van der Waals surface area contributed by atoms with Gasteiger partial charge in [0.05, 0.1) is 39.0 Å². The Bertz CT molecular complexity index is 4710. The minimum Gasteiger partial charge on any atom is -0.309 e. The van der Waals surface area contributed by atoms with Crippen LogP contribution in [0.1, 0.15) is 22.3 Å². The lowest BCUT2D eigenvalue weighted by Gasteiger charge is -2.32. The lowest BCUT2D eigenvalue weighted by molar-refractivity contribution is 0.794. The summed E-state index contributed by atoms with van der Waals surface area (Å²) < 4.78 is 2.51. The number of hydrogen-bond donors (Lipinski definition) is 0. The minimum absolute atomic E-state index is 0.440. The first-order valence-corrected chi connectivity index (χ1v) is 26.3. The SMILES string of the molecule is c1ccc(-c2nc(-c3ccccc3)nc(N3c4ccc(-c5ccc(-n6c7ccccc7c7ccc8c(c76)-c6ccccc6C86c7ccccc7-c7ccccc76)cc5)cc4-c4nc5ccccc5c5cccc3c45)n2)cc1. The van der Waals surface area contributed by atoms with Crippen molar-refractivity contribution < 1.29 is 0 Å². The van der Waals surface area contributed by atoms with Crippen molar-refractivity contribution in [3.63, 3.8) is 0 Å². The molecule has 6 nitrogen and oxygen atoms in total. The van der Waals surface area contributed by atoms with E-state index in [1.54, 1.807) is 0 Å². The average molecular weight is 979 g/mol. The highest BCUT2D eigenvalue weighted by Crippen LogP contribution is 2.64. The molecule has 0 atom stereocenters. The Morgan fingerprint density at radius 1 is 0.338 bits per heavy atom. The highest BCUT2D eigenvalue weighted by molar-refractivity contribution is 6.20. The van der Waals surface area contributed by atoms with E-state index in [1.807, 2.05) is 36.4 Å². The highest BCUT2D eigenvalue weighted by Gasteiger charge is 2.52. The van der Waals surface area contributed by atoms with E-state index in [0.717, 1.165) is 72.2 Å². The van der Waals surface area contributed by atoms with E-state index < -0.39 is 5.41 Å². The monoisotopic (exact) mass is 978 g/mol. The fourth-order valence-corrected chi connectivity index (χ4v) is 13.4. The predicted molar refractivity (Wildman–Crippen MR) is 313 cm³/mol. The topological polar surface area (TPSA) is 59.7 Å². The Morgan fingerprint density at radius 3 is 1.64 bits per heavy atom. The van der Waals surface area contributed by atoms with Crippen molar-refractivity contribution in [1.29, 1.82) is 0 Å². The third-order valence-electron chi connectivity index (χ3n) is 16.6. The number of fused-ring (bicyclic) bond motifs is 18. The molecule has 14 aromatic rings. The van der Waals surface area contributed by atoms with Crippen LogP contribution in [0.15, 0.2) is 255 Å². The van der Waals surface area contributed by atoms with Crippen LogP contribution >= 0.6 is 0 Å². The second kappa shape index (κ2) is 15.9. The van der Waals surface area contributed by atoms with E-state index in [-0.39, 0.29) is 0 Å². The number of rotatable bonds is 5. The maximum Gasteiger partial charge on any atom is 0.238 e. The van der Waals surface area contributed by atoms with Crippen LogP contribution in [0.4, 0.5) is 17.3 Å². The summed E-state index contributed by atoms with van der Waals surface area (Å²) in [4.78, 5) is 23.3. The number of hydrogen-bond acceptors (Lipinski definition) is 5. The number of anilines is 3. The lowest BCUT2D eigenvalue weighted by Crippen LogP contribution is -2.25. The van der Waals surface area contributed by atoms with Gasteiger partial charge in [-0.05, 0) is 97.9 Å². The van der Waals surface area contributed by atoms with Crippen molar-refractivity contribution in [2.24, 2.45) is 0 Å².